The molecule has 4 heteroatoms. The minimum Gasteiger partial charge on any atom is -0.394 e. The highest BCUT2D eigenvalue weighted by Crippen LogP contribution is 2.33. The number of nitrogens with zero attached hydrogens (tertiary/aromatic N) is 1. The van der Waals surface area contributed by atoms with Crippen LogP contribution in [0.25, 0.3) is 0 Å². The topological polar surface area (TPSA) is 35.5 Å². The van der Waals surface area contributed by atoms with Gasteiger partial charge in [0.2, 0.25) is 0 Å². The third kappa shape index (κ3) is 4.21. The second kappa shape index (κ2) is 8.16. The van der Waals surface area contributed by atoms with Crippen LogP contribution in [0.4, 0.5) is 5.69 Å². The molecule has 1 aromatic carbocycles. The predicted octanol–water partition coefficient (Wildman–Crippen LogP) is 3.86. The summed E-state index contributed by atoms with van der Waals surface area (Å²) < 4.78 is 1.10. The van der Waals surface area contributed by atoms with Crippen LogP contribution >= 0.6 is 15.9 Å². The summed E-state index contributed by atoms with van der Waals surface area (Å²) in [6.07, 6.45) is 4.77. The summed E-state index contributed by atoms with van der Waals surface area (Å²) in [5, 5.41) is 13.3. The van der Waals surface area contributed by atoms with Crippen molar-refractivity contribution in [3.63, 3.8) is 0 Å². The number of anilines is 1. The summed E-state index contributed by atoms with van der Waals surface area (Å²) in [6, 6.07) is 7.08. The first-order valence-corrected chi connectivity index (χ1v) is 8.87. The van der Waals surface area contributed by atoms with Crippen LogP contribution in [-0.2, 0) is 0 Å². The minimum atomic E-state index is 0.238. The van der Waals surface area contributed by atoms with E-state index in [4.69, 9.17) is 0 Å². The molecular weight excluding hydrogens is 328 g/mol. The molecule has 1 aliphatic heterocycles. The Labute approximate surface area is 136 Å². The Morgan fingerprint density at radius 1 is 1.38 bits per heavy atom. The van der Waals surface area contributed by atoms with Gasteiger partial charge in [-0.25, -0.2) is 0 Å². The van der Waals surface area contributed by atoms with Gasteiger partial charge >= 0.3 is 0 Å². The lowest BCUT2D eigenvalue weighted by Crippen LogP contribution is -2.38. The van der Waals surface area contributed by atoms with Crippen molar-refractivity contribution in [2.45, 2.75) is 51.6 Å². The number of benzene rings is 1. The van der Waals surface area contributed by atoms with Gasteiger partial charge in [0.05, 0.1) is 12.6 Å². The van der Waals surface area contributed by atoms with E-state index in [2.05, 4.69) is 58.2 Å². The lowest BCUT2D eigenvalue weighted by molar-refractivity contribution is 0.255. The molecule has 3 nitrogen and oxygen atoms in total. The Kier molecular flexibility index (Phi) is 6.52. The Hall–Kier alpha value is -0.580. The summed E-state index contributed by atoms with van der Waals surface area (Å²) in [5.74, 6) is 0. The largest absolute Gasteiger partial charge is 0.394 e. The van der Waals surface area contributed by atoms with E-state index in [1.54, 1.807) is 0 Å². The van der Waals surface area contributed by atoms with Gasteiger partial charge in [0, 0.05) is 22.7 Å². The van der Waals surface area contributed by atoms with Gasteiger partial charge in [-0.15, -0.1) is 0 Å². The van der Waals surface area contributed by atoms with E-state index in [1.807, 2.05) is 0 Å². The van der Waals surface area contributed by atoms with Crippen molar-refractivity contribution < 1.29 is 5.11 Å². The van der Waals surface area contributed by atoms with Gasteiger partial charge in [0.25, 0.3) is 0 Å². The number of rotatable bonds is 5. The van der Waals surface area contributed by atoms with Gasteiger partial charge in [0.15, 0.2) is 0 Å². The molecule has 0 spiro atoms. The SMILES string of the molecule is CCNC(C)c1ccc(Br)cc1N1CCCCCC1CO. The molecule has 1 saturated heterocycles. The van der Waals surface area contributed by atoms with Gasteiger partial charge in [-0.05, 0) is 44.0 Å². The number of hydrogen-bond donors (Lipinski definition) is 2. The number of hydrogen-bond acceptors (Lipinski definition) is 3. The van der Waals surface area contributed by atoms with Crippen LogP contribution in [-0.4, -0.2) is 30.8 Å². The molecule has 0 saturated carbocycles. The summed E-state index contributed by atoms with van der Waals surface area (Å²) in [7, 11) is 0. The number of halogens is 1. The molecule has 2 rings (SSSR count). The molecule has 2 atom stereocenters. The monoisotopic (exact) mass is 354 g/mol. The fourth-order valence-corrected chi connectivity index (χ4v) is 3.58. The van der Waals surface area contributed by atoms with E-state index in [0.717, 1.165) is 24.0 Å². The minimum absolute atomic E-state index is 0.238. The lowest BCUT2D eigenvalue weighted by Gasteiger charge is -2.34. The van der Waals surface area contributed by atoms with Crippen LogP contribution in [0.15, 0.2) is 22.7 Å². The van der Waals surface area contributed by atoms with Crippen molar-refractivity contribution in [3.8, 4) is 0 Å². The zero-order valence-corrected chi connectivity index (χ0v) is 14.7. The molecule has 0 radical (unpaired) electrons. The molecule has 1 aromatic rings. The van der Waals surface area contributed by atoms with Gasteiger partial charge in [-0.3, -0.25) is 0 Å². The number of aliphatic hydroxyl groups is 1. The average Bonchev–Trinajstić information content (AvgIpc) is 2.72. The molecule has 1 heterocycles. The van der Waals surface area contributed by atoms with Crippen LogP contribution in [0.3, 0.4) is 0 Å². The zero-order chi connectivity index (χ0) is 15.2. The normalized spacial score (nSPS) is 21.1. The molecule has 0 aromatic heterocycles. The third-order valence-electron chi connectivity index (χ3n) is 4.37. The summed E-state index contributed by atoms with van der Waals surface area (Å²) in [5.41, 5.74) is 2.58. The standard InChI is InChI=1S/C17H27BrN2O/c1-3-19-13(2)16-9-8-14(18)11-17(16)20-10-6-4-5-7-15(20)12-21/h8-9,11,13,15,19,21H,3-7,10,12H2,1-2H3. The van der Waals surface area contributed by atoms with Crippen LogP contribution in [0.5, 0.6) is 0 Å². The molecule has 1 fully saturated rings. The lowest BCUT2D eigenvalue weighted by atomic mass is 10.0. The smallest absolute Gasteiger partial charge is 0.0635 e. The van der Waals surface area contributed by atoms with Crippen molar-refractivity contribution in [1.82, 2.24) is 5.32 Å². The Balaban J connectivity index is 2.36. The molecule has 0 bridgehead atoms. The quantitative estimate of drug-likeness (QED) is 0.842. The van der Waals surface area contributed by atoms with Gasteiger partial charge in [-0.1, -0.05) is 41.8 Å². The number of nitrogens with one attached hydrogen (secondary N) is 1. The van der Waals surface area contributed by atoms with E-state index in [-0.39, 0.29) is 12.6 Å². The van der Waals surface area contributed by atoms with Crippen molar-refractivity contribution in [2.24, 2.45) is 0 Å². The maximum Gasteiger partial charge on any atom is 0.0635 e. The Bertz CT molecular complexity index is 452. The highest BCUT2D eigenvalue weighted by molar-refractivity contribution is 9.10. The van der Waals surface area contributed by atoms with Crippen LogP contribution in [0.1, 0.15) is 51.1 Å². The maximum atomic E-state index is 9.78. The van der Waals surface area contributed by atoms with Crippen LogP contribution < -0.4 is 10.2 Å². The summed E-state index contributed by atoms with van der Waals surface area (Å²) in [6.45, 7) is 6.58. The fraction of sp³-hybridized carbons (Fsp3) is 0.647. The van der Waals surface area contributed by atoms with E-state index < -0.39 is 0 Å². The predicted molar refractivity (Wildman–Crippen MR) is 92.9 cm³/mol. The third-order valence-corrected chi connectivity index (χ3v) is 4.86. The molecule has 1 aliphatic rings. The first-order chi connectivity index (χ1) is 10.2. The van der Waals surface area contributed by atoms with Crippen molar-refractivity contribution in [2.75, 3.05) is 24.6 Å². The van der Waals surface area contributed by atoms with Crippen molar-refractivity contribution in [3.05, 3.63) is 28.2 Å². The van der Waals surface area contributed by atoms with Crippen molar-refractivity contribution in [1.29, 1.82) is 0 Å². The summed E-state index contributed by atoms with van der Waals surface area (Å²) >= 11 is 3.60. The summed E-state index contributed by atoms with van der Waals surface area (Å²) in [4.78, 5) is 2.42. The fourth-order valence-electron chi connectivity index (χ4n) is 3.23. The first kappa shape index (κ1) is 16.8. The van der Waals surface area contributed by atoms with Gasteiger partial charge in [0.1, 0.15) is 0 Å². The molecule has 21 heavy (non-hydrogen) atoms. The molecule has 2 N–H and O–H groups in total. The second-order valence-corrected chi connectivity index (χ2v) is 6.78. The highest BCUT2D eigenvalue weighted by atomic mass is 79.9. The Morgan fingerprint density at radius 3 is 2.90 bits per heavy atom. The second-order valence-electron chi connectivity index (χ2n) is 5.86. The first-order valence-electron chi connectivity index (χ1n) is 8.07. The molecule has 0 aliphatic carbocycles. The Morgan fingerprint density at radius 2 is 2.19 bits per heavy atom. The number of aliphatic hydroxyl groups excluding tert-OH is 1. The molecule has 2 unspecified atom stereocenters. The molecule has 0 amide bonds. The van der Waals surface area contributed by atoms with Gasteiger partial charge < -0.3 is 15.3 Å². The average molecular weight is 355 g/mol. The van der Waals surface area contributed by atoms with Crippen LogP contribution in [0, 0.1) is 0 Å². The van der Waals surface area contributed by atoms with E-state index >= 15 is 0 Å². The maximum absolute atomic E-state index is 9.78. The van der Waals surface area contributed by atoms with Crippen LogP contribution in [0.2, 0.25) is 0 Å². The highest BCUT2D eigenvalue weighted by Gasteiger charge is 2.24. The van der Waals surface area contributed by atoms with E-state index in [0.29, 0.717) is 6.04 Å². The zero-order valence-electron chi connectivity index (χ0n) is 13.1. The molecular formula is C17H27BrN2O. The molecule has 118 valence electrons. The van der Waals surface area contributed by atoms with Gasteiger partial charge in [-0.2, -0.15) is 0 Å². The van der Waals surface area contributed by atoms with Crippen molar-refractivity contribution >= 4 is 21.6 Å². The van der Waals surface area contributed by atoms with E-state index in [9.17, 15) is 5.11 Å². The van der Waals surface area contributed by atoms with E-state index in [1.165, 1.54) is 30.5 Å².